The van der Waals surface area contributed by atoms with E-state index in [1.807, 2.05) is 0 Å². The molecule has 152 valence electrons. The Kier molecular flexibility index (Phi) is 4.91. The van der Waals surface area contributed by atoms with Gasteiger partial charge in [0.1, 0.15) is 7.05 Å². The SMILES string of the molecule is CN(C)c1ccc(/C=C/c2cc(-c3ccccc3)c3c([n+]2C)-c2ccccc2C3)cc1. The van der Waals surface area contributed by atoms with Crippen LogP contribution < -0.4 is 9.47 Å². The summed E-state index contributed by atoms with van der Waals surface area (Å²) in [6.07, 6.45) is 5.43. The van der Waals surface area contributed by atoms with E-state index in [0.29, 0.717) is 0 Å². The Hall–Kier alpha value is -3.65. The molecule has 4 aromatic rings. The van der Waals surface area contributed by atoms with E-state index in [4.69, 9.17) is 0 Å². The van der Waals surface area contributed by atoms with Crippen molar-refractivity contribution in [1.82, 2.24) is 0 Å². The number of benzene rings is 3. The van der Waals surface area contributed by atoms with Crippen LogP contribution in [0.3, 0.4) is 0 Å². The molecule has 2 nitrogen and oxygen atoms in total. The monoisotopic (exact) mass is 403 g/mol. The van der Waals surface area contributed by atoms with Gasteiger partial charge in [-0.2, -0.15) is 4.57 Å². The minimum atomic E-state index is 0.986. The molecule has 0 amide bonds. The van der Waals surface area contributed by atoms with Crippen LogP contribution in [0.15, 0.2) is 84.9 Å². The number of hydrogen-bond acceptors (Lipinski definition) is 1. The van der Waals surface area contributed by atoms with Crippen molar-refractivity contribution < 1.29 is 4.57 Å². The Morgan fingerprint density at radius 1 is 0.774 bits per heavy atom. The first kappa shape index (κ1) is 19.3. The minimum absolute atomic E-state index is 0.986. The number of rotatable bonds is 4. The first-order valence-electron chi connectivity index (χ1n) is 10.8. The van der Waals surface area contributed by atoms with Crippen LogP contribution in [0.4, 0.5) is 5.69 Å². The smallest absolute Gasteiger partial charge is 0.217 e. The summed E-state index contributed by atoms with van der Waals surface area (Å²) in [6, 6.07) is 30.6. The van der Waals surface area contributed by atoms with E-state index in [0.717, 1.165) is 6.42 Å². The van der Waals surface area contributed by atoms with E-state index in [-0.39, 0.29) is 0 Å². The molecule has 0 fully saturated rings. The molecule has 0 N–H and O–H groups in total. The van der Waals surface area contributed by atoms with Gasteiger partial charge in [0.25, 0.3) is 0 Å². The van der Waals surface area contributed by atoms with Gasteiger partial charge in [0.15, 0.2) is 0 Å². The van der Waals surface area contributed by atoms with Gasteiger partial charge in [0, 0.05) is 43.9 Å². The molecule has 0 saturated carbocycles. The molecule has 5 rings (SSSR count). The summed E-state index contributed by atoms with van der Waals surface area (Å²) < 4.78 is 2.35. The van der Waals surface area contributed by atoms with E-state index in [2.05, 4.69) is 128 Å². The fraction of sp³-hybridized carbons (Fsp3) is 0.138. The number of fused-ring (bicyclic) bond motifs is 3. The minimum Gasteiger partial charge on any atom is -0.378 e. The summed E-state index contributed by atoms with van der Waals surface area (Å²) in [6.45, 7) is 0. The molecule has 1 aliphatic carbocycles. The van der Waals surface area contributed by atoms with E-state index in [1.54, 1.807) is 0 Å². The zero-order valence-corrected chi connectivity index (χ0v) is 18.3. The van der Waals surface area contributed by atoms with Gasteiger partial charge in [-0.15, -0.1) is 0 Å². The van der Waals surface area contributed by atoms with Gasteiger partial charge in [-0.1, -0.05) is 60.7 Å². The highest BCUT2D eigenvalue weighted by atomic mass is 15.1. The van der Waals surface area contributed by atoms with E-state index < -0.39 is 0 Å². The lowest BCUT2D eigenvalue weighted by atomic mass is 9.97. The first-order chi connectivity index (χ1) is 15.1. The molecule has 0 saturated heterocycles. The van der Waals surface area contributed by atoms with E-state index in [9.17, 15) is 0 Å². The van der Waals surface area contributed by atoms with Gasteiger partial charge in [-0.25, -0.2) is 0 Å². The molecular formula is C29H27N2+. The van der Waals surface area contributed by atoms with Crippen LogP contribution in [0, 0.1) is 0 Å². The second-order valence-corrected chi connectivity index (χ2v) is 8.39. The highest BCUT2D eigenvalue weighted by Gasteiger charge is 2.31. The maximum atomic E-state index is 2.35. The lowest BCUT2D eigenvalue weighted by Crippen LogP contribution is -2.35. The average Bonchev–Trinajstić information content (AvgIpc) is 3.19. The summed E-state index contributed by atoms with van der Waals surface area (Å²) in [5.41, 5.74) is 11.7. The maximum absolute atomic E-state index is 2.35. The molecule has 0 bridgehead atoms. The topological polar surface area (TPSA) is 7.12 Å². The molecule has 31 heavy (non-hydrogen) atoms. The van der Waals surface area contributed by atoms with Crippen molar-refractivity contribution in [3.8, 4) is 22.4 Å². The molecular weight excluding hydrogens is 376 g/mol. The van der Waals surface area contributed by atoms with Crippen molar-refractivity contribution in [2.45, 2.75) is 6.42 Å². The van der Waals surface area contributed by atoms with Crippen LogP contribution in [0.2, 0.25) is 0 Å². The van der Waals surface area contributed by atoms with Crippen LogP contribution in [-0.2, 0) is 13.5 Å². The second-order valence-electron chi connectivity index (χ2n) is 8.39. The number of pyridine rings is 1. The van der Waals surface area contributed by atoms with Gasteiger partial charge >= 0.3 is 0 Å². The zero-order valence-electron chi connectivity index (χ0n) is 18.3. The Labute approximate surface area is 184 Å². The molecule has 0 aliphatic heterocycles. The largest absolute Gasteiger partial charge is 0.378 e. The van der Waals surface area contributed by atoms with Crippen molar-refractivity contribution >= 4 is 17.8 Å². The lowest BCUT2D eigenvalue weighted by Gasteiger charge is -2.12. The first-order valence-corrected chi connectivity index (χ1v) is 10.8. The summed E-state index contributed by atoms with van der Waals surface area (Å²) in [5, 5.41) is 0. The van der Waals surface area contributed by atoms with Crippen molar-refractivity contribution in [1.29, 1.82) is 0 Å². The maximum Gasteiger partial charge on any atom is 0.217 e. The molecule has 0 unspecified atom stereocenters. The number of nitrogens with zero attached hydrogens (tertiary/aromatic N) is 2. The summed E-state index contributed by atoms with van der Waals surface area (Å²) in [7, 11) is 6.32. The van der Waals surface area contributed by atoms with Gasteiger partial charge in [-0.3, -0.25) is 0 Å². The summed E-state index contributed by atoms with van der Waals surface area (Å²) >= 11 is 0. The van der Waals surface area contributed by atoms with Crippen LogP contribution in [-0.4, -0.2) is 14.1 Å². The lowest BCUT2D eigenvalue weighted by molar-refractivity contribution is -0.662. The Morgan fingerprint density at radius 2 is 1.48 bits per heavy atom. The van der Waals surface area contributed by atoms with Crippen molar-refractivity contribution in [2.24, 2.45) is 7.05 Å². The van der Waals surface area contributed by atoms with Crippen LogP contribution in [0.5, 0.6) is 0 Å². The van der Waals surface area contributed by atoms with Crippen LogP contribution in [0.1, 0.15) is 22.4 Å². The second kappa shape index (κ2) is 7.88. The van der Waals surface area contributed by atoms with Gasteiger partial charge in [-0.05, 0) is 46.5 Å². The van der Waals surface area contributed by atoms with E-state index in [1.165, 1.54) is 50.5 Å². The third kappa shape index (κ3) is 3.55. The molecule has 1 aliphatic rings. The standard InChI is InChI=1S/C29H27N2/c1-30(2)24-16-13-21(14-17-24)15-18-25-20-27(22-9-5-4-6-10-22)28-19-23-11-7-8-12-26(23)29(28)31(25)3/h4-18,20H,19H2,1-3H3/q+1. The molecule has 1 aromatic heterocycles. The van der Waals surface area contributed by atoms with Gasteiger partial charge < -0.3 is 4.90 Å². The molecule has 2 heteroatoms. The van der Waals surface area contributed by atoms with Crippen molar-refractivity contribution in [2.75, 3.05) is 19.0 Å². The fourth-order valence-corrected chi connectivity index (χ4v) is 4.51. The predicted octanol–water partition coefficient (Wildman–Crippen LogP) is 5.99. The van der Waals surface area contributed by atoms with Crippen molar-refractivity contribution in [3.05, 3.63) is 107 Å². The number of anilines is 1. The summed E-state index contributed by atoms with van der Waals surface area (Å²) in [5.74, 6) is 0. The molecule has 0 radical (unpaired) electrons. The average molecular weight is 404 g/mol. The summed E-state index contributed by atoms with van der Waals surface area (Å²) in [4.78, 5) is 2.12. The highest BCUT2D eigenvalue weighted by Crippen LogP contribution is 2.40. The molecule has 1 heterocycles. The Morgan fingerprint density at radius 3 is 2.23 bits per heavy atom. The fourth-order valence-electron chi connectivity index (χ4n) is 4.51. The molecule has 0 spiro atoms. The molecule has 3 aromatic carbocycles. The Bertz CT molecular complexity index is 1270. The van der Waals surface area contributed by atoms with Gasteiger partial charge in [0.2, 0.25) is 11.4 Å². The zero-order chi connectivity index (χ0) is 21.4. The van der Waals surface area contributed by atoms with Crippen molar-refractivity contribution in [3.63, 3.8) is 0 Å². The normalized spacial score (nSPS) is 12.1. The predicted molar refractivity (Wildman–Crippen MR) is 131 cm³/mol. The quantitative estimate of drug-likeness (QED) is 0.335. The molecule has 0 atom stereocenters. The number of aromatic nitrogens is 1. The van der Waals surface area contributed by atoms with Crippen LogP contribution in [0.25, 0.3) is 34.5 Å². The van der Waals surface area contributed by atoms with E-state index >= 15 is 0 Å². The Balaban J connectivity index is 1.63. The third-order valence-electron chi connectivity index (χ3n) is 6.21. The third-order valence-corrected chi connectivity index (χ3v) is 6.21. The highest BCUT2D eigenvalue weighted by molar-refractivity contribution is 5.82. The number of hydrogen-bond donors (Lipinski definition) is 0. The van der Waals surface area contributed by atoms with Crippen LogP contribution >= 0.6 is 0 Å². The van der Waals surface area contributed by atoms with Gasteiger partial charge in [0.05, 0.1) is 5.56 Å².